The first-order chi connectivity index (χ1) is 13.8. The van der Waals surface area contributed by atoms with Crippen molar-refractivity contribution in [3.05, 3.63) is 58.6 Å². The third kappa shape index (κ3) is 4.94. The number of benzene rings is 2. The monoisotopic (exact) mass is 437 g/mol. The van der Waals surface area contributed by atoms with Gasteiger partial charge in [0.05, 0.1) is 23.8 Å². The van der Waals surface area contributed by atoms with Crippen LogP contribution in [0.5, 0.6) is 5.75 Å². The lowest BCUT2D eigenvalue weighted by Gasteiger charge is -2.26. The Hall–Kier alpha value is -2.46. The standard InChI is InChI=1S/C19H20ClN3O5S/c1-13(17-12-15(20)5-6-18(17)24)21-22-19(25)14-3-2-4-16(11-14)29(26,27)23-7-9-28-10-8-23/h2-6,11-12,24H,7-10H2,1H3,(H,22,25)/b21-13-. The van der Waals surface area contributed by atoms with Gasteiger partial charge in [-0.25, -0.2) is 13.8 Å². The molecule has 1 amide bonds. The maximum absolute atomic E-state index is 12.8. The Kier molecular flexibility index (Phi) is 6.53. The molecule has 1 fully saturated rings. The van der Waals surface area contributed by atoms with Crippen LogP contribution in [0.25, 0.3) is 0 Å². The van der Waals surface area contributed by atoms with Crippen molar-refractivity contribution in [1.82, 2.24) is 9.73 Å². The minimum atomic E-state index is -3.71. The lowest BCUT2D eigenvalue weighted by Crippen LogP contribution is -2.40. The Morgan fingerprint density at radius 2 is 1.93 bits per heavy atom. The summed E-state index contributed by atoms with van der Waals surface area (Å²) in [5.41, 5.74) is 3.23. The molecule has 154 valence electrons. The molecule has 0 aliphatic carbocycles. The predicted octanol–water partition coefficient (Wildman–Crippen LogP) is 2.22. The van der Waals surface area contributed by atoms with Crippen LogP contribution in [-0.2, 0) is 14.8 Å². The number of hydrogen-bond acceptors (Lipinski definition) is 6. The SMILES string of the molecule is C/C(=N/NC(=O)c1cccc(S(=O)(=O)N2CCOCC2)c1)c1cc(Cl)ccc1O. The molecule has 0 radical (unpaired) electrons. The minimum Gasteiger partial charge on any atom is -0.507 e. The van der Waals surface area contributed by atoms with Crippen LogP contribution >= 0.6 is 11.6 Å². The van der Waals surface area contributed by atoms with Crippen LogP contribution in [-0.4, -0.2) is 55.8 Å². The average molecular weight is 438 g/mol. The summed E-state index contributed by atoms with van der Waals surface area (Å²) in [4.78, 5) is 12.5. The highest BCUT2D eigenvalue weighted by molar-refractivity contribution is 7.89. The first-order valence-corrected chi connectivity index (χ1v) is 10.6. The van der Waals surface area contributed by atoms with Crippen LogP contribution in [0, 0.1) is 0 Å². The van der Waals surface area contributed by atoms with Gasteiger partial charge < -0.3 is 9.84 Å². The fourth-order valence-corrected chi connectivity index (χ4v) is 4.42. The van der Waals surface area contributed by atoms with E-state index < -0.39 is 15.9 Å². The van der Waals surface area contributed by atoms with E-state index in [9.17, 15) is 18.3 Å². The number of sulfonamides is 1. The number of nitrogens with zero attached hydrogens (tertiary/aromatic N) is 2. The largest absolute Gasteiger partial charge is 0.507 e. The molecule has 0 saturated carbocycles. The Morgan fingerprint density at radius 1 is 1.21 bits per heavy atom. The van der Waals surface area contributed by atoms with Crippen LogP contribution in [0.15, 0.2) is 52.5 Å². The van der Waals surface area contributed by atoms with Crippen molar-refractivity contribution in [2.24, 2.45) is 5.10 Å². The van der Waals surface area contributed by atoms with Gasteiger partial charge >= 0.3 is 0 Å². The summed E-state index contributed by atoms with van der Waals surface area (Å²) in [5, 5.41) is 14.3. The molecular formula is C19H20ClN3O5S. The third-order valence-electron chi connectivity index (χ3n) is 4.38. The molecule has 1 heterocycles. The maximum Gasteiger partial charge on any atom is 0.271 e. The summed E-state index contributed by atoms with van der Waals surface area (Å²) in [6.45, 7) is 2.81. The zero-order chi connectivity index (χ0) is 21.0. The van der Waals surface area contributed by atoms with E-state index in [0.717, 1.165) is 0 Å². The normalized spacial score (nSPS) is 15.9. The Bertz CT molecular complexity index is 1050. The summed E-state index contributed by atoms with van der Waals surface area (Å²) >= 11 is 5.92. The Morgan fingerprint density at radius 3 is 2.66 bits per heavy atom. The fourth-order valence-electron chi connectivity index (χ4n) is 2.79. The van der Waals surface area contributed by atoms with Crippen molar-refractivity contribution in [3.8, 4) is 5.75 Å². The van der Waals surface area contributed by atoms with Crippen molar-refractivity contribution in [1.29, 1.82) is 0 Å². The van der Waals surface area contributed by atoms with Gasteiger partial charge in [-0.3, -0.25) is 4.79 Å². The number of phenolic OH excluding ortho intramolecular Hbond substituents is 1. The molecule has 1 aliphatic rings. The topological polar surface area (TPSA) is 108 Å². The Balaban J connectivity index is 1.78. The van der Waals surface area contributed by atoms with Gasteiger partial charge in [-0.1, -0.05) is 17.7 Å². The second-order valence-corrected chi connectivity index (χ2v) is 8.72. The van der Waals surface area contributed by atoms with Crippen molar-refractivity contribution in [3.63, 3.8) is 0 Å². The maximum atomic E-state index is 12.8. The first kappa shape index (κ1) is 21.3. The van der Waals surface area contributed by atoms with E-state index in [4.69, 9.17) is 16.3 Å². The fraction of sp³-hybridized carbons (Fsp3) is 0.263. The predicted molar refractivity (Wildman–Crippen MR) is 109 cm³/mol. The zero-order valence-corrected chi connectivity index (χ0v) is 17.2. The van der Waals surface area contributed by atoms with E-state index in [2.05, 4.69) is 10.5 Å². The number of hydrazone groups is 1. The highest BCUT2D eigenvalue weighted by Crippen LogP contribution is 2.22. The number of amides is 1. The molecule has 0 aromatic heterocycles. The van der Waals surface area contributed by atoms with E-state index in [1.54, 1.807) is 6.92 Å². The number of morpholine rings is 1. The van der Waals surface area contributed by atoms with Crippen molar-refractivity contribution in [2.75, 3.05) is 26.3 Å². The van der Waals surface area contributed by atoms with E-state index in [0.29, 0.717) is 29.5 Å². The quantitative estimate of drug-likeness (QED) is 0.550. The van der Waals surface area contributed by atoms with Gasteiger partial charge in [0.1, 0.15) is 5.75 Å². The van der Waals surface area contributed by atoms with Gasteiger partial charge in [0.2, 0.25) is 10.0 Å². The molecule has 10 heteroatoms. The number of carbonyl (C=O) groups excluding carboxylic acids is 1. The summed E-state index contributed by atoms with van der Waals surface area (Å²) in [5.74, 6) is -0.603. The van der Waals surface area contributed by atoms with Gasteiger partial charge in [-0.15, -0.1) is 0 Å². The number of rotatable bonds is 5. The van der Waals surface area contributed by atoms with Gasteiger partial charge in [0.25, 0.3) is 5.91 Å². The average Bonchev–Trinajstić information content (AvgIpc) is 2.74. The second kappa shape index (κ2) is 8.91. The van der Waals surface area contributed by atoms with Gasteiger partial charge in [-0.05, 0) is 43.3 Å². The number of carbonyl (C=O) groups is 1. The lowest BCUT2D eigenvalue weighted by molar-refractivity contribution is 0.0730. The number of halogens is 1. The molecule has 29 heavy (non-hydrogen) atoms. The van der Waals surface area contributed by atoms with E-state index in [1.807, 2.05) is 0 Å². The summed E-state index contributed by atoms with van der Waals surface area (Å²) in [7, 11) is -3.71. The number of nitrogens with one attached hydrogen (secondary N) is 1. The molecular weight excluding hydrogens is 418 g/mol. The number of hydrogen-bond donors (Lipinski definition) is 2. The molecule has 0 unspecified atom stereocenters. The van der Waals surface area contributed by atoms with E-state index >= 15 is 0 Å². The van der Waals surface area contributed by atoms with E-state index in [1.165, 1.54) is 46.8 Å². The molecule has 0 bridgehead atoms. The van der Waals surface area contributed by atoms with Gasteiger partial charge in [-0.2, -0.15) is 9.41 Å². The van der Waals surface area contributed by atoms with Crippen LogP contribution < -0.4 is 5.43 Å². The van der Waals surface area contributed by atoms with Crippen molar-refractivity contribution < 1.29 is 23.1 Å². The van der Waals surface area contributed by atoms with Crippen molar-refractivity contribution >= 4 is 33.2 Å². The van der Waals surface area contributed by atoms with Crippen LogP contribution in [0.3, 0.4) is 0 Å². The molecule has 0 spiro atoms. The molecule has 8 nitrogen and oxygen atoms in total. The molecule has 2 aromatic rings. The highest BCUT2D eigenvalue weighted by Gasteiger charge is 2.26. The summed E-state index contributed by atoms with van der Waals surface area (Å²) in [6.07, 6.45) is 0. The first-order valence-electron chi connectivity index (χ1n) is 8.80. The molecule has 1 aliphatic heterocycles. The Labute approximate surface area is 173 Å². The smallest absolute Gasteiger partial charge is 0.271 e. The second-order valence-electron chi connectivity index (χ2n) is 6.34. The minimum absolute atomic E-state index is 0.0245. The van der Waals surface area contributed by atoms with Crippen LogP contribution in [0.4, 0.5) is 0 Å². The molecule has 2 aromatic carbocycles. The lowest BCUT2D eigenvalue weighted by atomic mass is 10.1. The van der Waals surface area contributed by atoms with E-state index in [-0.39, 0.29) is 29.3 Å². The summed E-state index contributed by atoms with van der Waals surface area (Å²) in [6, 6.07) is 10.2. The highest BCUT2D eigenvalue weighted by atomic mass is 35.5. The van der Waals surface area contributed by atoms with Crippen LogP contribution in [0.2, 0.25) is 5.02 Å². The number of phenols is 1. The summed E-state index contributed by atoms with van der Waals surface area (Å²) < 4.78 is 32.0. The zero-order valence-electron chi connectivity index (χ0n) is 15.6. The van der Waals surface area contributed by atoms with Crippen LogP contribution in [0.1, 0.15) is 22.8 Å². The number of aromatic hydroxyl groups is 1. The molecule has 2 N–H and O–H groups in total. The molecule has 0 atom stereocenters. The molecule has 3 rings (SSSR count). The van der Waals surface area contributed by atoms with Crippen molar-refractivity contribution in [2.45, 2.75) is 11.8 Å². The van der Waals surface area contributed by atoms with Gasteiger partial charge in [0, 0.05) is 29.2 Å². The molecule has 1 saturated heterocycles. The van der Waals surface area contributed by atoms with Gasteiger partial charge in [0.15, 0.2) is 0 Å². The number of ether oxygens (including phenoxy) is 1. The third-order valence-corrected chi connectivity index (χ3v) is 6.51.